The minimum Gasteiger partial charge on any atom is -0.341 e. The van der Waals surface area contributed by atoms with Crippen LogP contribution >= 0.6 is 11.8 Å². The van der Waals surface area contributed by atoms with Gasteiger partial charge in [0.05, 0.1) is 11.4 Å². The number of aryl methyl sites for hydroxylation is 2. The van der Waals surface area contributed by atoms with Gasteiger partial charge >= 0.3 is 0 Å². The van der Waals surface area contributed by atoms with E-state index < -0.39 is 0 Å². The fraction of sp³-hybridized carbons (Fsp3) is 0.556. The molecule has 1 aromatic heterocycles. The van der Waals surface area contributed by atoms with Crippen LogP contribution in [0.2, 0.25) is 0 Å². The lowest BCUT2D eigenvalue weighted by Gasteiger charge is -2.34. The third kappa shape index (κ3) is 4.21. The van der Waals surface area contributed by atoms with Gasteiger partial charge in [-0.3, -0.25) is 4.79 Å². The summed E-state index contributed by atoms with van der Waals surface area (Å²) in [5.74, 6) is 1.67. The number of hydrogen-bond donors (Lipinski definition) is 0. The van der Waals surface area contributed by atoms with Crippen molar-refractivity contribution in [3.63, 3.8) is 0 Å². The number of piperidine rings is 1. The van der Waals surface area contributed by atoms with Gasteiger partial charge in [-0.2, -0.15) is 4.68 Å². The van der Waals surface area contributed by atoms with E-state index in [2.05, 4.69) is 55.4 Å². The Morgan fingerprint density at radius 2 is 1.92 bits per heavy atom. The summed E-state index contributed by atoms with van der Waals surface area (Å²) in [6, 6.07) is 6.12. The van der Waals surface area contributed by atoms with Gasteiger partial charge in [0, 0.05) is 13.1 Å². The molecule has 0 N–H and O–H groups in total. The Morgan fingerprint density at radius 1 is 1.20 bits per heavy atom. The highest BCUT2D eigenvalue weighted by molar-refractivity contribution is 7.99. The number of tetrazole rings is 1. The summed E-state index contributed by atoms with van der Waals surface area (Å²) in [6.07, 6.45) is 1.20. The van der Waals surface area contributed by atoms with E-state index in [0.29, 0.717) is 22.7 Å². The summed E-state index contributed by atoms with van der Waals surface area (Å²) in [4.78, 5) is 14.5. The Kier molecular flexibility index (Phi) is 5.42. The van der Waals surface area contributed by atoms with Crippen LogP contribution in [0, 0.1) is 25.7 Å². The number of likely N-dealkylation sites (tertiary alicyclic amines) is 1. The maximum absolute atomic E-state index is 12.6. The molecule has 0 bridgehead atoms. The average Bonchev–Trinajstić information content (AvgIpc) is 3.02. The maximum Gasteiger partial charge on any atom is 0.233 e. The predicted molar refractivity (Wildman–Crippen MR) is 98.9 cm³/mol. The van der Waals surface area contributed by atoms with Gasteiger partial charge in [0.1, 0.15) is 0 Å². The highest BCUT2D eigenvalue weighted by Crippen LogP contribution is 2.24. The summed E-state index contributed by atoms with van der Waals surface area (Å²) >= 11 is 1.40. The molecule has 0 aliphatic carbocycles. The standard InChI is InChI=1S/C18H25N5OS/c1-12-7-13(2)10-22(9-12)17(24)11-25-18-19-20-21-23(18)16-6-5-14(3)15(4)8-16/h5-6,8,12-13H,7,9-11H2,1-4H3. The van der Waals surface area contributed by atoms with Gasteiger partial charge in [-0.25, -0.2) is 0 Å². The zero-order valence-corrected chi connectivity index (χ0v) is 16.1. The quantitative estimate of drug-likeness (QED) is 0.786. The minimum atomic E-state index is 0.165. The molecule has 0 spiro atoms. The third-order valence-electron chi connectivity index (χ3n) is 4.72. The monoisotopic (exact) mass is 359 g/mol. The molecular formula is C18H25N5OS. The van der Waals surface area contributed by atoms with Crippen LogP contribution in [0.1, 0.15) is 31.4 Å². The van der Waals surface area contributed by atoms with Crippen molar-refractivity contribution in [2.75, 3.05) is 18.8 Å². The lowest BCUT2D eigenvalue weighted by molar-refractivity contribution is -0.130. The fourth-order valence-corrected chi connectivity index (χ4v) is 4.17. The smallest absolute Gasteiger partial charge is 0.233 e. The second-order valence-electron chi connectivity index (χ2n) is 7.18. The number of carbonyl (C=O) groups excluding carboxylic acids is 1. The van der Waals surface area contributed by atoms with Crippen molar-refractivity contribution in [3.8, 4) is 5.69 Å². The summed E-state index contributed by atoms with van der Waals surface area (Å²) < 4.78 is 1.70. The van der Waals surface area contributed by atoms with Gasteiger partial charge < -0.3 is 4.90 Å². The number of amides is 1. The summed E-state index contributed by atoms with van der Waals surface area (Å²) in [7, 11) is 0. The molecule has 7 heteroatoms. The molecule has 6 nitrogen and oxygen atoms in total. The summed E-state index contributed by atoms with van der Waals surface area (Å²) in [5, 5.41) is 12.6. The van der Waals surface area contributed by atoms with Crippen LogP contribution in [0.15, 0.2) is 23.4 Å². The van der Waals surface area contributed by atoms with E-state index in [1.165, 1.54) is 29.3 Å². The Balaban J connectivity index is 1.67. The van der Waals surface area contributed by atoms with Gasteiger partial charge in [0.2, 0.25) is 11.1 Å². The van der Waals surface area contributed by atoms with Gasteiger partial charge in [-0.05, 0) is 65.8 Å². The Labute approximate surface area is 153 Å². The Bertz CT molecular complexity index is 750. The van der Waals surface area contributed by atoms with E-state index in [1.54, 1.807) is 4.68 Å². The van der Waals surface area contributed by atoms with Crippen LogP contribution in [-0.4, -0.2) is 49.9 Å². The fourth-order valence-electron chi connectivity index (χ4n) is 3.37. The van der Waals surface area contributed by atoms with Crippen LogP contribution < -0.4 is 0 Å². The van der Waals surface area contributed by atoms with E-state index in [0.717, 1.165) is 18.8 Å². The van der Waals surface area contributed by atoms with Crippen LogP contribution in [0.5, 0.6) is 0 Å². The van der Waals surface area contributed by atoms with Gasteiger partial charge in [0.15, 0.2) is 0 Å². The zero-order chi connectivity index (χ0) is 18.0. The minimum absolute atomic E-state index is 0.165. The molecule has 0 saturated carbocycles. The molecule has 1 aliphatic rings. The van der Waals surface area contributed by atoms with Crippen molar-refractivity contribution >= 4 is 17.7 Å². The van der Waals surface area contributed by atoms with Crippen molar-refractivity contribution in [1.29, 1.82) is 0 Å². The second-order valence-corrected chi connectivity index (χ2v) is 8.12. The third-order valence-corrected chi connectivity index (χ3v) is 5.63. The molecule has 1 fully saturated rings. The van der Waals surface area contributed by atoms with E-state index >= 15 is 0 Å². The Hall–Kier alpha value is -1.89. The lowest BCUT2D eigenvalue weighted by atomic mass is 9.92. The molecule has 1 aliphatic heterocycles. The number of hydrogen-bond acceptors (Lipinski definition) is 5. The van der Waals surface area contributed by atoms with Crippen LogP contribution in [0.3, 0.4) is 0 Å². The van der Waals surface area contributed by atoms with E-state index in [1.807, 2.05) is 11.0 Å². The summed E-state index contributed by atoms with van der Waals surface area (Å²) in [5.41, 5.74) is 3.34. The first kappa shape index (κ1) is 17.9. The zero-order valence-electron chi connectivity index (χ0n) is 15.3. The number of carbonyl (C=O) groups is 1. The molecule has 134 valence electrons. The largest absolute Gasteiger partial charge is 0.341 e. The van der Waals surface area contributed by atoms with Gasteiger partial charge in [-0.1, -0.05) is 31.7 Å². The van der Waals surface area contributed by atoms with E-state index in [4.69, 9.17) is 0 Å². The second kappa shape index (κ2) is 7.56. The molecule has 25 heavy (non-hydrogen) atoms. The lowest BCUT2D eigenvalue weighted by Crippen LogP contribution is -2.43. The molecule has 1 aromatic carbocycles. The summed E-state index contributed by atoms with van der Waals surface area (Å²) in [6.45, 7) is 10.3. The van der Waals surface area contributed by atoms with Crippen LogP contribution in [0.4, 0.5) is 0 Å². The average molecular weight is 359 g/mol. The van der Waals surface area contributed by atoms with E-state index in [-0.39, 0.29) is 5.91 Å². The first-order valence-corrected chi connectivity index (χ1v) is 9.69. The molecule has 2 unspecified atom stereocenters. The molecule has 0 radical (unpaired) electrons. The highest BCUT2D eigenvalue weighted by Gasteiger charge is 2.25. The number of nitrogens with zero attached hydrogens (tertiary/aromatic N) is 5. The van der Waals surface area contributed by atoms with Crippen molar-refractivity contribution in [1.82, 2.24) is 25.1 Å². The number of benzene rings is 1. The molecule has 2 aromatic rings. The van der Waals surface area contributed by atoms with Crippen molar-refractivity contribution in [3.05, 3.63) is 29.3 Å². The van der Waals surface area contributed by atoms with E-state index in [9.17, 15) is 4.79 Å². The number of thioether (sulfide) groups is 1. The normalized spacial score (nSPS) is 20.7. The molecule has 2 atom stereocenters. The first-order valence-electron chi connectivity index (χ1n) is 8.70. The van der Waals surface area contributed by atoms with Crippen LogP contribution in [0.25, 0.3) is 5.69 Å². The van der Waals surface area contributed by atoms with Crippen molar-refractivity contribution in [2.45, 2.75) is 39.3 Å². The number of rotatable bonds is 4. The van der Waals surface area contributed by atoms with Crippen molar-refractivity contribution in [2.24, 2.45) is 11.8 Å². The molecule has 3 rings (SSSR count). The molecular weight excluding hydrogens is 334 g/mol. The topological polar surface area (TPSA) is 63.9 Å². The number of aromatic nitrogens is 4. The first-order chi connectivity index (χ1) is 11.9. The van der Waals surface area contributed by atoms with Crippen LogP contribution in [-0.2, 0) is 4.79 Å². The molecule has 1 amide bonds. The predicted octanol–water partition coefficient (Wildman–Crippen LogP) is 2.88. The van der Waals surface area contributed by atoms with Gasteiger partial charge in [-0.15, -0.1) is 5.10 Å². The Morgan fingerprint density at radius 3 is 2.60 bits per heavy atom. The maximum atomic E-state index is 12.6. The molecule has 2 heterocycles. The SMILES string of the molecule is Cc1ccc(-n2nnnc2SCC(=O)N2CC(C)CC(C)C2)cc1C. The van der Waals surface area contributed by atoms with Gasteiger partial charge in [0.25, 0.3) is 0 Å². The van der Waals surface area contributed by atoms with Crippen molar-refractivity contribution < 1.29 is 4.79 Å². The molecule has 1 saturated heterocycles. The highest BCUT2D eigenvalue weighted by atomic mass is 32.2.